The van der Waals surface area contributed by atoms with E-state index in [4.69, 9.17) is 0 Å². The molecule has 0 fully saturated rings. The molecule has 1 heterocycles. The first kappa shape index (κ1) is 20.9. The third kappa shape index (κ3) is 4.96. The van der Waals surface area contributed by atoms with Crippen molar-refractivity contribution in [2.75, 3.05) is 11.9 Å². The van der Waals surface area contributed by atoms with Crippen LogP contribution in [-0.4, -0.2) is 27.2 Å². The van der Waals surface area contributed by atoms with E-state index in [0.29, 0.717) is 22.5 Å². The molecule has 2 N–H and O–H groups in total. The molecule has 1 aromatic heterocycles. The molecule has 8 heteroatoms. The lowest BCUT2D eigenvalue weighted by Gasteiger charge is -2.16. The average molecular weight is 460 g/mol. The van der Waals surface area contributed by atoms with Crippen molar-refractivity contribution in [3.63, 3.8) is 0 Å². The number of hydrogen-bond acceptors (Lipinski definition) is 4. The van der Waals surface area contributed by atoms with Gasteiger partial charge in [0.05, 0.1) is 0 Å². The minimum atomic E-state index is -0.472. The molecule has 3 aromatic rings. The van der Waals surface area contributed by atoms with Crippen LogP contribution in [0.2, 0.25) is 0 Å². The number of nitrogens with zero attached hydrogens (tertiary/aromatic N) is 2. The molecule has 0 saturated carbocycles. The molecule has 0 saturated heterocycles. The second kappa shape index (κ2) is 9.11. The van der Waals surface area contributed by atoms with E-state index in [1.165, 1.54) is 22.8 Å². The second-order valence-corrected chi connectivity index (χ2v) is 7.35. The van der Waals surface area contributed by atoms with Crippen LogP contribution in [0.3, 0.4) is 0 Å². The van der Waals surface area contributed by atoms with E-state index in [1.807, 2.05) is 0 Å². The maximum absolute atomic E-state index is 13.7. The number of aryl methyl sites for hydroxylation is 1. The van der Waals surface area contributed by atoms with Crippen LogP contribution in [0.5, 0.6) is 0 Å². The summed E-state index contributed by atoms with van der Waals surface area (Å²) in [6.07, 6.45) is 0.120. The van der Waals surface area contributed by atoms with Gasteiger partial charge in [-0.05, 0) is 43.3 Å². The Balaban J connectivity index is 2.02. The lowest BCUT2D eigenvalue weighted by molar-refractivity contribution is -0.116. The molecule has 3 rings (SSSR count). The number of rotatable bonds is 6. The molecule has 0 bridgehead atoms. The zero-order chi connectivity index (χ0) is 21.0. The summed E-state index contributed by atoms with van der Waals surface area (Å²) in [5.41, 5.74) is 1.29. The largest absolute Gasteiger partial charge is 0.396 e. The van der Waals surface area contributed by atoms with Crippen molar-refractivity contribution in [1.29, 1.82) is 0 Å². The van der Waals surface area contributed by atoms with Gasteiger partial charge in [0.1, 0.15) is 18.2 Å². The summed E-state index contributed by atoms with van der Waals surface area (Å²) in [7, 11) is 0. The Morgan fingerprint density at radius 1 is 1.24 bits per heavy atom. The van der Waals surface area contributed by atoms with Crippen LogP contribution in [0.4, 0.5) is 10.1 Å². The van der Waals surface area contributed by atoms with Gasteiger partial charge < -0.3 is 10.4 Å². The Labute approximate surface area is 175 Å². The predicted molar refractivity (Wildman–Crippen MR) is 112 cm³/mol. The Morgan fingerprint density at radius 2 is 1.97 bits per heavy atom. The fraction of sp³-hybridized carbons (Fsp3) is 0.190. The lowest BCUT2D eigenvalue weighted by Crippen LogP contribution is -2.33. The molecule has 150 valence electrons. The Hall–Kier alpha value is -2.84. The first-order chi connectivity index (χ1) is 13.9. The maximum Gasteiger partial charge on any atom is 0.257 e. The summed E-state index contributed by atoms with van der Waals surface area (Å²) in [6.45, 7) is 1.13. The molecule has 0 spiro atoms. The normalized spacial score (nSPS) is 10.8. The molecular formula is C21H19BrFN3O3. The highest BCUT2D eigenvalue weighted by Crippen LogP contribution is 2.19. The molecule has 29 heavy (non-hydrogen) atoms. The van der Waals surface area contributed by atoms with Crippen LogP contribution in [0, 0.1) is 12.7 Å². The van der Waals surface area contributed by atoms with Crippen LogP contribution >= 0.6 is 15.9 Å². The molecule has 0 atom stereocenters. The van der Waals surface area contributed by atoms with Gasteiger partial charge in [-0.2, -0.15) is 0 Å². The fourth-order valence-corrected chi connectivity index (χ4v) is 3.24. The number of aliphatic hydroxyl groups excluding tert-OH is 1. The third-order valence-electron chi connectivity index (χ3n) is 4.34. The van der Waals surface area contributed by atoms with Gasteiger partial charge in [-0.25, -0.2) is 9.37 Å². The van der Waals surface area contributed by atoms with Crippen LogP contribution in [-0.2, 0) is 17.8 Å². The summed E-state index contributed by atoms with van der Waals surface area (Å²) >= 11 is 3.33. The molecule has 0 aliphatic rings. The van der Waals surface area contributed by atoms with Gasteiger partial charge in [-0.3, -0.25) is 14.2 Å². The van der Waals surface area contributed by atoms with Gasteiger partial charge in [0.15, 0.2) is 0 Å². The number of anilines is 1. The molecule has 2 aromatic carbocycles. The lowest BCUT2D eigenvalue weighted by atomic mass is 10.1. The van der Waals surface area contributed by atoms with E-state index in [-0.39, 0.29) is 25.4 Å². The number of halogens is 2. The van der Waals surface area contributed by atoms with Crippen molar-refractivity contribution in [3.8, 4) is 11.4 Å². The minimum Gasteiger partial charge on any atom is -0.396 e. The molecular weight excluding hydrogens is 441 g/mol. The van der Waals surface area contributed by atoms with Crippen molar-refractivity contribution in [2.24, 2.45) is 0 Å². The summed E-state index contributed by atoms with van der Waals surface area (Å²) in [4.78, 5) is 30.0. The topological polar surface area (TPSA) is 84.2 Å². The average Bonchev–Trinajstić information content (AvgIpc) is 2.69. The van der Waals surface area contributed by atoms with E-state index in [0.717, 1.165) is 4.47 Å². The molecule has 0 unspecified atom stereocenters. The van der Waals surface area contributed by atoms with E-state index >= 15 is 0 Å². The van der Waals surface area contributed by atoms with Gasteiger partial charge >= 0.3 is 0 Å². The zero-order valence-corrected chi connectivity index (χ0v) is 17.2. The van der Waals surface area contributed by atoms with E-state index in [9.17, 15) is 19.1 Å². The number of aromatic nitrogens is 2. The number of amides is 1. The highest BCUT2D eigenvalue weighted by atomic mass is 79.9. The van der Waals surface area contributed by atoms with Gasteiger partial charge in [0.25, 0.3) is 5.56 Å². The van der Waals surface area contributed by atoms with Crippen LogP contribution in [0.25, 0.3) is 11.4 Å². The predicted octanol–water partition coefficient (Wildman–Crippen LogP) is 3.29. The number of aliphatic hydroxyl groups is 1. The number of carbonyl (C=O) groups excluding carboxylic acids is 1. The smallest absolute Gasteiger partial charge is 0.257 e. The maximum atomic E-state index is 13.7. The highest BCUT2D eigenvalue weighted by molar-refractivity contribution is 9.10. The van der Waals surface area contributed by atoms with Crippen molar-refractivity contribution >= 4 is 27.5 Å². The summed E-state index contributed by atoms with van der Waals surface area (Å²) in [6, 6.07) is 12.7. The van der Waals surface area contributed by atoms with Gasteiger partial charge in [-0.15, -0.1) is 0 Å². The summed E-state index contributed by atoms with van der Waals surface area (Å²) < 4.78 is 15.8. The molecule has 0 aliphatic carbocycles. The van der Waals surface area contributed by atoms with Crippen LogP contribution < -0.4 is 10.9 Å². The Morgan fingerprint density at radius 3 is 2.62 bits per heavy atom. The molecule has 1 amide bonds. The summed E-state index contributed by atoms with van der Waals surface area (Å²) in [5.74, 6) is -0.702. The molecule has 0 aliphatic heterocycles. The number of nitrogens with one attached hydrogen (secondary N) is 1. The number of hydrogen-bond donors (Lipinski definition) is 2. The van der Waals surface area contributed by atoms with Crippen molar-refractivity contribution in [3.05, 3.63) is 80.4 Å². The number of benzene rings is 2. The standard InChI is InChI=1S/C21H19BrFN3O3/c1-13-18(9-10-27)21(29)26(20(24-13)14-3-2-4-16(23)11-14)12-19(28)25-17-7-5-15(22)6-8-17/h2-8,11,27H,9-10,12H2,1H3,(H,25,28). The number of carbonyl (C=O) groups is 1. The van der Waals surface area contributed by atoms with Gasteiger partial charge in [0.2, 0.25) is 5.91 Å². The molecule has 6 nitrogen and oxygen atoms in total. The highest BCUT2D eigenvalue weighted by Gasteiger charge is 2.18. The van der Waals surface area contributed by atoms with Crippen molar-refractivity contribution in [1.82, 2.24) is 9.55 Å². The Bertz CT molecular complexity index is 1100. The monoisotopic (exact) mass is 459 g/mol. The summed E-state index contributed by atoms with van der Waals surface area (Å²) in [5, 5.41) is 12.0. The molecule has 0 radical (unpaired) electrons. The first-order valence-electron chi connectivity index (χ1n) is 8.91. The fourth-order valence-electron chi connectivity index (χ4n) is 2.97. The third-order valence-corrected chi connectivity index (χ3v) is 4.87. The Kier molecular flexibility index (Phi) is 6.56. The van der Waals surface area contributed by atoms with E-state index in [2.05, 4.69) is 26.2 Å². The van der Waals surface area contributed by atoms with Crippen molar-refractivity contribution in [2.45, 2.75) is 19.9 Å². The van der Waals surface area contributed by atoms with Gasteiger partial charge in [0, 0.05) is 40.0 Å². The SMILES string of the molecule is Cc1nc(-c2cccc(F)c2)n(CC(=O)Nc2ccc(Br)cc2)c(=O)c1CCO. The van der Waals surface area contributed by atoms with Crippen LogP contribution in [0.15, 0.2) is 57.8 Å². The van der Waals surface area contributed by atoms with Crippen LogP contribution in [0.1, 0.15) is 11.3 Å². The van der Waals surface area contributed by atoms with E-state index < -0.39 is 17.3 Å². The zero-order valence-electron chi connectivity index (χ0n) is 15.7. The van der Waals surface area contributed by atoms with E-state index in [1.54, 1.807) is 37.3 Å². The minimum absolute atomic E-state index is 0.120. The van der Waals surface area contributed by atoms with Gasteiger partial charge in [-0.1, -0.05) is 28.1 Å². The second-order valence-electron chi connectivity index (χ2n) is 6.43. The quantitative estimate of drug-likeness (QED) is 0.592. The first-order valence-corrected chi connectivity index (χ1v) is 9.71. The van der Waals surface area contributed by atoms with Crippen molar-refractivity contribution < 1.29 is 14.3 Å².